The monoisotopic (exact) mass is 407 g/mol. The Morgan fingerprint density at radius 1 is 1.03 bits per heavy atom. The number of rotatable bonds is 9. The van der Waals surface area contributed by atoms with Gasteiger partial charge >= 0.3 is 0 Å². The average Bonchev–Trinajstić information content (AvgIpc) is 3.15. The van der Waals surface area contributed by atoms with E-state index >= 15 is 0 Å². The van der Waals surface area contributed by atoms with Crippen LogP contribution in [0, 0.1) is 6.92 Å². The lowest BCUT2D eigenvalue weighted by Gasteiger charge is -2.13. The summed E-state index contributed by atoms with van der Waals surface area (Å²) < 4.78 is 13.1. The summed E-state index contributed by atoms with van der Waals surface area (Å²) in [7, 11) is 0. The molecule has 3 aromatic rings. The highest BCUT2D eigenvalue weighted by molar-refractivity contribution is 5.94. The zero-order valence-corrected chi connectivity index (χ0v) is 18.0. The van der Waals surface area contributed by atoms with Crippen molar-refractivity contribution in [2.75, 3.05) is 6.61 Å². The summed E-state index contributed by atoms with van der Waals surface area (Å²) in [5.41, 5.74) is 3.58. The summed E-state index contributed by atoms with van der Waals surface area (Å²) in [4.78, 5) is 12.6. The van der Waals surface area contributed by atoms with E-state index < -0.39 is 0 Å². The van der Waals surface area contributed by atoms with Gasteiger partial charge in [-0.1, -0.05) is 12.1 Å². The quantitative estimate of drug-likeness (QED) is 0.559. The van der Waals surface area contributed by atoms with Crippen LogP contribution in [0.4, 0.5) is 0 Å². The van der Waals surface area contributed by atoms with Crippen LogP contribution >= 0.6 is 0 Å². The number of benzene rings is 2. The first-order valence-corrected chi connectivity index (χ1v) is 10.3. The molecule has 1 amide bonds. The van der Waals surface area contributed by atoms with Gasteiger partial charge in [0.25, 0.3) is 5.91 Å². The van der Waals surface area contributed by atoms with E-state index in [0.717, 1.165) is 34.9 Å². The first-order valence-electron chi connectivity index (χ1n) is 10.3. The average molecular weight is 408 g/mol. The van der Waals surface area contributed by atoms with Crippen molar-refractivity contribution in [3.63, 3.8) is 0 Å². The number of aryl methyl sites for hydroxylation is 2. The highest BCUT2D eigenvalue weighted by atomic mass is 16.5. The van der Waals surface area contributed by atoms with Gasteiger partial charge < -0.3 is 14.8 Å². The van der Waals surface area contributed by atoms with E-state index in [9.17, 15) is 4.79 Å². The van der Waals surface area contributed by atoms with Gasteiger partial charge in [0.2, 0.25) is 0 Å². The predicted octanol–water partition coefficient (Wildman–Crippen LogP) is 4.68. The van der Waals surface area contributed by atoms with Crippen LogP contribution in [0.2, 0.25) is 0 Å². The summed E-state index contributed by atoms with van der Waals surface area (Å²) in [5, 5.41) is 7.49. The molecule has 1 aromatic heterocycles. The van der Waals surface area contributed by atoms with Crippen molar-refractivity contribution in [2.24, 2.45) is 0 Å². The Morgan fingerprint density at radius 2 is 1.67 bits per heavy atom. The van der Waals surface area contributed by atoms with Crippen molar-refractivity contribution >= 4 is 5.91 Å². The second-order valence-corrected chi connectivity index (χ2v) is 7.11. The van der Waals surface area contributed by atoms with Crippen LogP contribution in [0.1, 0.15) is 54.0 Å². The Hall–Kier alpha value is -3.28. The van der Waals surface area contributed by atoms with Crippen molar-refractivity contribution in [1.82, 2.24) is 15.1 Å². The summed E-state index contributed by atoms with van der Waals surface area (Å²) >= 11 is 0. The van der Waals surface area contributed by atoms with Crippen LogP contribution in [0.5, 0.6) is 11.5 Å². The highest BCUT2D eigenvalue weighted by Gasteiger charge is 2.15. The summed E-state index contributed by atoms with van der Waals surface area (Å²) in [6.45, 7) is 9.81. The molecule has 158 valence electrons. The third kappa shape index (κ3) is 5.41. The third-order valence-corrected chi connectivity index (χ3v) is 4.88. The molecule has 0 bridgehead atoms. The molecule has 0 aliphatic carbocycles. The molecule has 1 atom stereocenters. The molecule has 3 rings (SSSR count). The molecule has 0 aliphatic rings. The maximum absolute atomic E-state index is 12.6. The SMILES string of the molecule is CCOc1ccc(OCc2ccc(C(=O)N[C@H](C)c3cn(CC)nc3C)cc2)cc1. The molecular formula is C24H29N3O3. The molecule has 6 heteroatoms. The smallest absolute Gasteiger partial charge is 0.251 e. The van der Waals surface area contributed by atoms with Crippen molar-refractivity contribution in [3.8, 4) is 11.5 Å². The van der Waals surface area contributed by atoms with E-state index in [1.165, 1.54) is 0 Å². The summed E-state index contributed by atoms with van der Waals surface area (Å²) in [6, 6.07) is 14.9. The van der Waals surface area contributed by atoms with Gasteiger partial charge in [0.15, 0.2) is 0 Å². The Balaban J connectivity index is 1.55. The fourth-order valence-electron chi connectivity index (χ4n) is 3.20. The maximum Gasteiger partial charge on any atom is 0.251 e. The number of ether oxygens (including phenoxy) is 2. The standard InChI is InChI=1S/C24H29N3O3/c1-5-27-15-23(18(4)26-27)17(3)25-24(28)20-9-7-19(8-10-20)16-30-22-13-11-21(12-14-22)29-6-2/h7-15,17H,5-6,16H2,1-4H3,(H,25,28)/t17-/m1/s1. The molecule has 0 aliphatic heterocycles. The van der Waals surface area contributed by atoms with Gasteiger partial charge in [-0.25, -0.2) is 0 Å². The first-order chi connectivity index (χ1) is 14.5. The lowest BCUT2D eigenvalue weighted by molar-refractivity contribution is 0.0939. The molecule has 2 aromatic carbocycles. The molecule has 0 unspecified atom stereocenters. The van der Waals surface area contributed by atoms with Crippen molar-refractivity contribution < 1.29 is 14.3 Å². The van der Waals surface area contributed by atoms with Crippen LogP contribution in [-0.4, -0.2) is 22.3 Å². The number of hydrogen-bond acceptors (Lipinski definition) is 4. The lowest BCUT2D eigenvalue weighted by atomic mass is 10.1. The number of amides is 1. The zero-order chi connectivity index (χ0) is 21.5. The number of aromatic nitrogens is 2. The number of hydrogen-bond donors (Lipinski definition) is 1. The van der Waals surface area contributed by atoms with Gasteiger partial charge in [0.05, 0.1) is 18.3 Å². The second-order valence-electron chi connectivity index (χ2n) is 7.11. The van der Waals surface area contributed by atoms with E-state index in [1.807, 2.05) is 87.1 Å². The largest absolute Gasteiger partial charge is 0.494 e. The Kier molecular flexibility index (Phi) is 7.12. The minimum atomic E-state index is -0.111. The van der Waals surface area contributed by atoms with E-state index in [2.05, 4.69) is 10.4 Å². The van der Waals surface area contributed by atoms with Gasteiger partial charge in [0.1, 0.15) is 18.1 Å². The van der Waals surface area contributed by atoms with Gasteiger partial charge in [-0.15, -0.1) is 0 Å². The molecule has 0 saturated carbocycles. The van der Waals surface area contributed by atoms with Crippen LogP contribution in [0.25, 0.3) is 0 Å². The van der Waals surface area contributed by atoms with E-state index in [0.29, 0.717) is 18.8 Å². The van der Waals surface area contributed by atoms with Gasteiger partial charge in [-0.2, -0.15) is 5.10 Å². The van der Waals surface area contributed by atoms with Crippen LogP contribution in [0.3, 0.4) is 0 Å². The van der Waals surface area contributed by atoms with Crippen molar-refractivity contribution in [2.45, 2.75) is 46.9 Å². The van der Waals surface area contributed by atoms with Gasteiger partial charge in [-0.3, -0.25) is 9.48 Å². The second kappa shape index (κ2) is 9.96. The molecule has 1 N–H and O–H groups in total. The summed E-state index contributed by atoms with van der Waals surface area (Å²) in [6.07, 6.45) is 1.99. The Bertz CT molecular complexity index is 962. The lowest BCUT2D eigenvalue weighted by Crippen LogP contribution is -2.26. The predicted molar refractivity (Wildman–Crippen MR) is 117 cm³/mol. The molecule has 0 fully saturated rings. The number of carbonyl (C=O) groups excluding carboxylic acids is 1. The van der Waals surface area contributed by atoms with Crippen LogP contribution in [-0.2, 0) is 13.2 Å². The molecule has 0 saturated heterocycles. The minimum absolute atomic E-state index is 0.106. The molecular weight excluding hydrogens is 378 g/mol. The van der Waals surface area contributed by atoms with Crippen molar-refractivity contribution in [3.05, 3.63) is 77.1 Å². The maximum atomic E-state index is 12.6. The van der Waals surface area contributed by atoms with Crippen molar-refractivity contribution in [1.29, 1.82) is 0 Å². The zero-order valence-electron chi connectivity index (χ0n) is 18.0. The van der Waals surface area contributed by atoms with E-state index in [1.54, 1.807) is 0 Å². The highest BCUT2D eigenvalue weighted by Crippen LogP contribution is 2.19. The fourth-order valence-corrected chi connectivity index (χ4v) is 3.20. The third-order valence-electron chi connectivity index (χ3n) is 4.88. The topological polar surface area (TPSA) is 65.4 Å². The normalized spacial score (nSPS) is 11.7. The molecule has 6 nitrogen and oxygen atoms in total. The van der Waals surface area contributed by atoms with E-state index in [4.69, 9.17) is 9.47 Å². The Labute approximate surface area is 177 Å². The number of nitrogens with zero attached hydrogens (tertiary/aromatic N) is 2. The molecule has 0 radical (unpaired) electrons. The van der Waals surface area contributed by atoms with Crippen LogP contribution in [0.15, 0.2) is 54.7 Å². The van der Waals surface area contributed by atoms with E-state index in [-0.39, 0.29) is 11.9 Å². The van der Waals surface area contributed by atoms with Gasteiger partial charge in [-0.05, 0) is 69.7 Å². The number of nitrogens with one attached hydrogen (secondary N) is 1. The summed E-state index contributed by atoms with van der Waals surface area (Å²) in [5.74, 6) is 1.49. The molecule has 1 heterocycles. The van der Waals surface area contributed by atoms with Gasteiger partial charge in [0, 0.05) is 23.9 Å². The molecule has 0 spiro atoms. The first kappa shape index (κ1) is 21.4. The molecule has 30 heavy (non-hydrogen) atoms. The Morgan fingerprint density at radius 3 is 2.23 bits per heavy atom. The van der Waals surface area contributed by atoms with Crippen LogP contribution < -0.4 is 14.8 Å². The number of carbonyl (C=O) groups is 1. The minimum Gasteiger partial charge on any atom is -0.494 e. The fraction of sp³-hybridized carbons (Fsp3) is 0.333.